The van der Waals surface area contributed by atoms with Crippen molar-refractivity contribution in [3.8, 4) is 0 Å². The Kier molecular flexibility index (Phi) is 1.16. The largest absolute Gasteiger partial charge is 0.225 e. The molecule has 0 amide bonds. The number of hydrogen-bond acceptors (Lipinski definition) is 2. The van der Waals surface area contributed by atoms with Gasteiger partial charge in [-0.15, -0.1) is 0 Å². The molecule has 0 aliphatic rings. The molecule has 61 valence electrons. The summed E-state index contributed by atoms with van der Waals surface area (Å²) in [4.78, 5) is 4.16. The average molecular weight is 168 g/mol. The van der Waals surface area contributed by atoms with Crippen molar-refractivity contribution in [1.29, 1.82) is 0 Å². The van der Waals surface area contributed by atoms with Gasteiger partial charge in [-0.25, -0.2) is 9.50 Å². The van der Waals surface area contributed by atoms with Crippen molar-refractivity contribution in [2.75, 3.05) is 0 Å². The molecule has 2 aromatic heterocycles. The van der Waals surface area contributed by atoms with E-state index in [1.807, 2.05) is 30.3 Å². The molecule has 13 heavy (non-hydrogen) atoms. The van der Waals surface area contributed by atoms with Gasteiger partial charge in [0.2, 0.25) is 0 Å². The summed E-state index contributed by atoms with van der Waals surface area (Å²) in [6, 6.07) is 9.93. The van der Waals surface area contributed by atoms with Crippen molar-refractivity contribution >= 4 is 16.4 Å². The molecule has 3 rings (SSSR count). The lowest BCUT2D eigenvalue weighted by Gasteiger charge is -1.97. The third-order valence-corrected chi connectivity index (χ3v) is 2.09. The second-order valence-electron chi connectivity index (χ2n) is 2.86. The zero-order valence-electron chi connectivity index (χ0n) is 6.81. The van der Waals surface area contributed by atoms with Crippen LogP contribution in [0.4, 0.5) is 0 Å². The Hall–Kier alpha value is -1.90. The highest BCUT2D eigenvalue weighted by Gasteiger charge is 2.00. The normalized spacial score (nSPS) is 11.1. The Labute approximate surface area is 74.6 Å². The molecule has 0 aliphatic heterocycles. The van der Waals surface area contributed by atoms with Gasteiger partial charge in [-0.1, -0.05) is 18.2 Å². The number of hydrogen-bond donors (Lipinski definition) is 0. The third-order valence-electron chi connectivity index (χ3n) is 2.09. The Balaban J connectivity index is 2.65. The van der Waals surface area contributed by atoms with Crippen LogP contribution in [-0.4, -0.2) is 14.6 Å². The van der Waals surface area contributed by atoms with Crippen LogP contribution in [-0.2, 0) is 0 Å². The fraction of sp³-hybridized carbons (Fsp3) is 0. The van der Waals surface area contributed by atoms with Gasteiger partial charge in [0, 0.05) is 5.39 Å². The number of rotatable bonds is 0. The van der Waals surface area contributed by atoms with E-state index in [0.717, 1.165) is 16.4 Å². The molecule has 0 spiro atoms. The number of benzene rings is 1. The standard InChI is InChI=1S/C10H6N3/c1-2-4-9-8(3-1)10-5-6-12-13(10)7-11-9/h1-6H. The lowest BCUT2D eigenvalue weighted by atomic mass is 10.2. The number of aromatic nitrogens is 3. The Bertz CT molecular complexity index is 568. The molecule has 0 saturated carbocycles. The van der Waals surface area contributed by atoms with Crippen LogP contribution in [0.3, 0.4) is 0 Å². The Morgan fingerprint density at radius 2 is 2.08 bits per heavy atom. The van der Waals surface area contributed by atoms with Crippen molar-refractivity contribution in [2.45, 2.75) is 0 Å². The summed E-state index contributed by atoms with van der Waals surface area (Å²) in [5, 5.41) is 5.18. The van der Waals surface area contributed by atoms with Crippen LogP contribution in [0.2, 0.25) is 0 Å². The van der Waals surface area contributed by atoms with E-state index in [0.29, 0.717) is 0 Å². The fourth-order valence-corrected chi connectivity index (χ4v) is 1.48. The molecule has 0 saturated heterocycles. The van der Waals surface area contributed by atoms with Gasteiger partial charge < -0.3 is 0 Å². The highest BCUT2D eigenvalue weighted by molar-refractivity contribution is 5.92. The molecule has 0 atom stereocenters. The third kappa shape index (κ3) is 0.839. The molecule has 3 nitrogen and oxygen atoms in total. The summed E-state index contributed by atoms with van der Waals surface area (Å²) in [6.07, 6.45) is 4.58. The van der Waals surface area contributed by atoms with Crippen molar-refractivity contribution in [3.63, 3.8) is 0 Å². The zero-order chi connectivity index (χ0) is 8.67. The van der Waals surface area contributed by atoms with Crippen LogP contribution in [0.5, 0.6) is 0 Å². The van der Waals surface area contributed by atoms with Crippen molar-refractivity contribution < 1.29 is 0 Å². The summed E-state index contributed by atoms with van der Waals surface area (Å²) in [5.74, 6) is 0. The summed E-state index contributed by atoms with van der Waals surface area (Å²) >= 11 is 0. The van der Waals surface area contributed by atoms with Gasteiger partial charge in [-0.3, -0.25) is 0 Å². The van der Waals surface area contributed by atoms with E-state index in [9.17, 15) is 0 Å². The average Bonchev–Trinajstić information content (AvgIpc) is 2.65. The molecule has 1 aromatic carbocycles. The van der Waals surface area contributed by atoms with Gasteiger partial charge >= 0.3 is 0 Å². The molecular formula is C10H6N3. The highest BCUT2D eigenvalue weighted by atomic mass is 15.2. The minimum Gasteiger partial charge on any atom is -0.225 e. The van der Waals surface area contributed by atoms with E-state index in [1.165, 1.54) is 0 Å². The molecule has 0 bridgehead atoms. The lowest BCUT2D eigenvalue weighted by Crippen LogP contribution is -1.90. The number of fused-ring (bicyclic) bond motifs is 3. The van der Waals surface area contributed by atoms with Crippen LogP contribution < -0.4 is 0 Å². The quantitative estimate of drug-likeness (QED) is 0.511. The lowest BCUT2D eigenvalue weighted by molar-refractivity contribution is 0.923. The van der Waals surface area contributed by atoms with Gasteiger partial charge in [-0.2, -0.15) is 5.10 Å². The maximum absolute atomic E-state index is 4.16. The first-order valence-electron chi connectivity index (χ1n) is 4.05. The van der Waals surface area contributed by atoms with Crippen molar-refractivity contribution in [1.82, 2.24) is 14.6 Å². The van der Waals surface area contributed by atoms with Crippen molar-refractivity contribution in [3.05, 3.63) is 42.9 Å². The van der Waals surface area contributed by atoms with Gasteiger partial charge in [0.25, 0.3) is 0 Å². The topological polar surface area (TPSA) is 30.2 Å². The number of nitrogens with zero attached hydrogens (tertiary/aromatic N) is 3. The molecule has 0 unspecified atom stereocenters. The molecule has 0 aliphatic carbocycles. The van der Waals surface area contributed by atoms with E-state index in [4.69, 9.17) is 0 Å². The summed E-state index contributed by atoms with van der Waals surface area (Å²) < 4.78 is 1.66. The van der Waals surface area contributed by atoms with Crippen molar-refractivity contribution in [2.24, 2.45) is 0 Å². The molecular weight excluding hydrogens is 162 g/mol. The number of para-hydroxylation sites is 1. The SMILES string of the molecule is [c]1nc2ccccc2c2ccnn12. The first kappa shape index (κ1) is 6.60. The van der Waals surface area contributed by atoms with Crippen LogP contribution in [0.1, 0.15) is 0 Å². The van der Waals surface area contributed by atoms with Crippen LogP contribution in [0.15, 0.2) is 36.5 Å². The summed E-state index contributed by atoms with van der Waals surface area (Å²) in [7, 11) is 0. The molecule has 0 N–H and O–H groups in total. The van der Waals surface area contributed by atoms with Gasteiger partial charge in [0.05, 0.1) is 17.2 Å². The van der Waals surface area contributed by atoms with E-state index in [1.54, 1.807) is 10.7 Å². The Morgan fingerprint density at radius 3 is 3.08 bits per heavy atom. The predicted molar refractivity (Wildman–Crippen MR) is 49.3 cm³/mol. The molecule has 2 heterocycles. The smallest absolute Gasteiger partial charge is 0.200 e. The monoisotopic (exact) mass is 168 g/mol. The summed E-state index contributed by atoms with van der Waals surface area (Å²) in [6.45, 7) is 0. The highest BCUT2D eigenvalue weighted by Crippen LogP contribution is 2.15. The fourth-order valence-electron chi connectivity index (χ4n) is 1.48. The van der Waals surface area contributed by atoms with Gasteiger partial charge in [0.1, 0.15) is 0 Å². The second-order valence-corrected chi connectivity index (χ2v) is 2.86. The van der Waals surface area contributed by atoms with E-state index < -0.39 is 0 Å². The van der Waals surface area contributed by atoms with Crippen LogP contribution in [0.25, 0.3) is 16.4 Å². The molecule has 3 aromatic rings. The minimum atomic E-state index is 0.954. The summed E-state index contributed by atoms with van der Waals surface area (Å²) in [5.41, 5.74) is 2.00. The molecule has 0 fully saturated rings. The molecule has 1 radical (unpaired) electrons. The van der Waals surface area contributed by atoms with Crippen LogP contribution >= 0.6 is 0 Å². The second kappa shape index (κ2) is 2.29. The maximum atomic E-state index is 4.16. The molecule has 3 heteroatoms. The first-order chi connectivity index (χ1) is 6.45. The van der Waals surface area contributed by atoms with Gasteiger partial charge in [-0.05, 0) is 12.1 Å². The van der Waals surface area contributed by atoms with Gasteiger partial charge in [0.15, 0.2) is 6.33 Å². The maximum Gasteiger partial charge on any atom is 0.200 e. The zero-order valence-corrected chi connectivity index (χ0v) is 6.81. The minimum absolute atomic E-state index is 0.954. The van der Waals surface area contributed by atoms with Crippen LogP contribution in [0, 0.1) is 6.33 Å². The van der Waals surface area contributed by atoms with E-state index in [2.05, 4.69) is 16.4 Å². The van der Waals surface area contributed by atoms with E-state index >= 15 is 0 Å². The van der Waals surface area contributed by atoms with E-state index in [-0.39, 0.29) is 0 Å². The predicted octanol–water partition coefficient (Wildman–Crippen LogP) is 1.68. The Morgan fingerprint density at radius 1 is 1.15 bits per heavy atom. The first-order valence-corrected chi connectivity index (χ1v) is 4.05.